The van der Waals surface area contributed by atoms with Gasteiger partial charge in [0.05, 0.1) is 5.02 Å². The van der Waals surface area contributed by atoms with Gasteiger partial charge < -0.3 is 15.6 Å². The quantitative estimate of drug-likeness (QED) is 0.567. The number of carbonyl (C=O) groups is 1. The van der Waals surface area contributed by atoms with Crippen molar-refractivity contribution in [2.24, 2.45) is 0 Å². The first-order valence-electron chi connectivity index (χ1n) is 8.20. The standard InChI is InChI=1S/C16H15ClF3N7O.2H2/c1-2-11(14(28)23-6-16(18,19)20)26-15-25-7-24-13(27-15)10-5-22-12-9(10)3-8(17)4-21-12;;/h3-5,7,11H,2,6H2,1H3,(H,21,22)(H,23,28)(H,24,25,26,27);2*1H/t11-;;/m1../s1. The number of carbonyl (C=O) groups excluding carboxylic acids is 1. The first-order chi connectivity index (χ1) is 13.3. The number of fused-ring (bicyclic) bond motifs is 1. The van der Waals surface area contributed by atoms with E-state index in [1.165, 1.54) is 12.5 Å². The monoisotopic (exact) mass is 417 g/mol. The minimum absolute atomic E-state index is 0. The van der Waals surface area contributed by atoms with Crippen LogP contribution in [0.15, 0.2) is 24.8 Å². The molecule has 0 spiro atoms. The molecular weight excluding hydrogens is 399 g/mol. The van der Waals surface area contributed by atoms with Crippen LogP contribution in [0.3, 0.4) is 0 Å². The van der Waals surface area contributed by atoms with Gasteiger partial charge in [-0.2, -0.15) is 18.2 Å². The molecule has 3 N–H and O–H groups in total. The minimum atomic E-state index is -4.49. The maximum atomic E-state index is 12.3. The molecule has 8 nitrogen and oxygen atoms in total. The average molecular weight is 418 g/mol. The van der Waals surface area contributed by atoms with Crippen LogP contribution in [0.2, 0.25) is 5.02 Å². The molecule has 28 heavy (non-hydrogen) atoms. The van der Waals surface area contributed by atoms with Crippen LogP contribution in [0.5, 0.6) is 0 Å². The molecule has 0 aliphatic rings. The van der Waals surface area contributed by atoms with Crippen molar-refractivity contribution in [1.82, 2.24) is 30.2 Å². The summed E-state index contributed by atoms with van der Waals surface area (Å²) >= 11 is 5.98. The van der Waals surface area contributed by atoms with Crippen LogP contribution in [0.25, 0.3) is 22.4 Å². The number of rotatable bonds is 6. The van der Waals surface area contributed by atoms with Crippen molar-refractivity contribution in [2.75, 3.05) is 11.9 Å². The van der Waals surface area contributed by atoms with Crippen molar-refractivity contribution in [3.8, 4) is 11.4 Å². The lowest BCUT2D eigenvalue weighted by Gasteiger charge is -2.17. The van der Waals surface area contributed by atoms with E-state index >= 15 is 0 Å². The molecule has 0 saturated carbocycles. The SMILES string of the molecule is CC[C@@H](Nc1ncnc(-c2c[nH]c3ncc(Cl)cc23)n1)C(=O)NCC(F)(F)F.[HH].[HH]. The van der Waals surface area contributed by atoms with E-state index in [1.807, 2.05) is 5.32 Å². The smallest absolute Gasteiger partial charge is 0.345 e. The first kappa shape index (κ1) is 19.8. The van der Waals surface area contributed by atoms with Gasteiger partial charge in [-0.15, -0.1) is 0 Å². The highest BCUT2D eigenvalue weighted by atomic mass is 35.5. The largest absolute Gasteiger partial charge is 0.405 e. The van der Waals surface area contributed by atoms with Gasteiger partial charge in [-0.25, -0.2) is 15.0 Å². The van der Waals surface area contributed by atoms with Crippen LogP contribution in [0.1, 0.15) is 16.2 Å². The van der Waals surface area contributed by atoms with E-state index in [0.717, 1.165) is 0 Å². The average Bonchev–Trinajstić information content (AvgIpc) is 3.07. The Morgan fingerprint density at radius 2 is 2.14 bits per heavy atom. The maximum Gasteiger partial charge on any atom is 0.405 e. The summed E-state index contributed by atoms with van der Waals surface area (Å²) in [6, 6.07) is 0.767. The Morgan fingerprint density at radius 3 is 2.86 bits per heavy atom. The fourth-order valence-electron chi connectivity index (χ4n) is 2.48. The summed E-state index contributed by atoms with van der Waals surface area (Å²) in [4.78, 5) is 31.4. The second kappa shape index (κ2) is 7.97. The molecule has 0 saturated heterocycles. The Hall–Kier alpha value is -2.95. The van der Waals surface area contributed by atoms with Crippen molar-refractivity contribution in [2.45, 2.75) is 25.6 Å². The molecular formula is C16H19ClF3N7O. The van der Waals surface area contributed by atoms with E-state index in [9.17, 15) is 18.0 Å². The number of alkyl halides is 3. The van der Waals surface area contributed by atoms with Crippen molar-refractivity contribution in [1.29, 1.82) is 0 Å². The van der Waals surface area contributed by atoms with E-state index in [2.05, 4.69) is 30.2 Å². The number of nitrogens with one attached hydrogen (secondary N) is 3. The summed E-state index contributed by atoms with van der Waals surface area (Å²) in [5.74, 6) is -0.452. The lowest BCUT2D eigenvalue weighted by Crippen LogP contribution is -2.43. The molecule has 3 rings (SSSR count). The highest BCUT2D eigenvalue weighted by Gasteiger charge is 2.29. The van der Waals surface area contributed by atoms with Crippen LogP contribution in [0, 0.1) is 0 Å². The third-order valence-corrected chi connectivity index (χ3v) is 4.01. The predicted molar refractivity (Wildman–Crippen MR) is 101 cm³/mol. The highest BCUT2D eigenvalue weighted by molar-refractivity contribution is 6.31. The summed E-state index contributed by atoms with van der Waals surface area (Å²) in [7, 11) is 0. The first-order valence-corrected chi connectivity index (χ1v) is 8.57. The second-order valence-electron chi connectivity index (χ2n) is 5.82. The third-order valence-electron chi connectivity index (χ3n) is 3.80. The van der Waals surface area contributed by atoms with Gasteiger partial charge in [0.1, 0.15) is 24.6 Å². The number of halogens is 4. The Bertz CT molecular complexity index is 1000. The summed E-state index contributed by atoms with van der Waals surface area (Å²) in [6.45, 7) is 0.246. The summed E-state index contributed by atoms with van der Waals surface area (Å²) < 4.78 is 36.9. The van der Waals surface area contributed by atoms with Crippen LogP contribution >= 0.6 is 11.6 Å². The van der Waals surface area contributed by atoms with Gasteiger partial charge in [0, 0.05) is 26.2 Å². The molecule has 1 atom stereocenters. The number of amides is 1. The number of nitrogens with zero attached hydrogens (tertiary/aromatic N) is 4. The molecule has 12 heteroatoms. The van der Waals surface area contributed by atoms with Crippen LogP contribution in [0.4, 0.5) is 19.1 Å². The zero-order valence-corrected chi connectivity index (χ0v) is 15.3. The maximum absolute atomic E-state index is 12.3. The number of aromatic nitrogens is 5. The van der Waals surface area contributed by atoms with Gasteiger partial charge in [-0.1, -0.05) is 18.5 Å². The van der Waals surface area contributed by atoms with Crippen LogP contribution in [-0.2, 0) is 4.79 Å². The lowest BCUT2D eigenvalue weighted by molar-refractivity contribution is -0.138. The Kier molecular flexibility index (Phi) is 5.63. The number of aromatic amines is 1. The molecule has 0 radical (unpaired) electrons. The Balaban J connectivity index is 0.00000225. The Morgan fingerprint density at radius 1 is 1.36 bits per heavy atom. The van der Waals surface area contributed by atoms with Crippen LogP contribution < -0.4 is 10.6 Å². The molecule has 0 fully saturated rings. The zero-order valence-electron chi connectivity index (χ0n) is 14.5. The topological polar surface area (TPSA) is 108 Å². The lowest BCUT2D eigenvalue weighted by atomic mass is 10.2. The van der Waals surface area contributed by atoms with E-state index in [1.54, 1.807) is 19.2 Å². The fourth-order valence-corrected chi connectivity index (χ4v) is 2.64. The summed E-state index contributed by atoms with van der Waals surface area (Å²) in [5.41, 5.74) is 1.21. The van der Waals surface area contributed by atoms with Gasteiger partial charge in [0.25, 0.3) is 0 Å². The van der Waals surface area contributed by atoms with Gasteiger partial charge >= 0.3 is 6.18 Å². The van der Waals surface area contributed by atoms with Gasteiger partial charge in [-0.3, -0.25) is 4.79 Å². The van der Waals surface area contributed by atoms with Gasteiger partial charge in [0.2, 0.25) is 11.9 Å². The van der Waals surface area contributed by atoms with E-state index in [-0.39, 0.29) is 15.2 Å². The third kappa shape index (κ3) is 4.66. The number of H-pyrrole nitrogens is 1. The van der Waals surface area contributed by atoms with Crippen molar-refractivity contribution < 1.29 is 20.8 Å². The molecule has 0 aliphatic heterocycles. The van der Waals surface area contributed by atoms with Crippen molar-refractivity contribution in [3.05, 3.63) is 29.8 Å². The molecule has 0 unspecified atom stereocenters. The summed E-state index contributed by atoms with van der Waals surface area (Å²) in [6.07, 6.45) is 0.133. The molecule has 3 aromatic heterocycles. The minimum Gasteiger partial charge on any atom is -0.345 e. The molecule has 1 amide bonds. The fraction of sp³-hybridized carbons (Fsp3) is 0.312. The van der Waals surface area contributed by atoms with E-state index in [0.29, 0.717) is 27.4 Å². The number of pyridine rings is 1. The normalized spacial score (nSPS) is 12.8. The second-order valence-corrected chi connectivity index (χ2v) is 6.26. The summed E-state index contributed by atoms with van der Waals surface area (Å²) in [5, 5.41) is 5.71. The molecule has 0 bridgehead atoms. The van der Waals surface area contributed by atoms with Gasteiger partial charge in [-0.05, 0) is 12.5 Å². The molecule has 0 aromatic carbocycles. The number of hydrogen-bond acceptors (Lipinski definition) is 6. The molecule has 0 aliphatic carbocycles. The number of anilines is 1. The number of hydrogen-bond donors (Lipinski definition) is 3. The molecule has 3 heterocycles. The van der Waals surface area contributed by atoms with Crippen LogP contribution in [-0.4, -0.2) is 49.6 Å². The zero-order chi connectivity index (χ0) is 20.3. The van der Waals surface area contributed by atoms with E-state index in [4.69, 9.17) is 11.6 Å². The Labute approximate surface area is 164 Å². The van der Waals surface area contributed by atoms with Gasteiger partial charge in [0.15, 0.2) is 5.82 Å². The van der Waals surface area contributed by atoms with Crippen molar-refractivity contribution in [3.63, 3.8) is 0 Å². The molecule has 3 aromatic rings. The highest BCUT2D eigenvalue weighted by Crippen LogP contribution is 2.27. The molecule has 152 valence electrons. The van der Waals surface area contributed by atoms with E-state index < -0.39 is 24.7 Å². The predicted octanol–water partition coefficient (Wildman–Crippen LogP) is 3.43. The van der Waals surface area contributed by atoms with Crippen molar-refractivity contribution >= 4 is 34.5 Å².